The summed E-state index contributed by atoms with van der Waals surface area (Å²) in [5, 5.41) is 3.97. The van der Waals surface area contributed by atoms with E-state index >= 15 is 0 Å². The molecule has 0 saturated carbocycles. The SMILES string of the molecule is CCOc1ccccc1/C=N/NC(=O)c1cccc(Br)c1. The summed E-state index contributed by atoms with van der Waals surface area (Å²) in [6.45, 7) is 2.50. The molecule has 0 unspecified atom stereocenters. The van der Waals surface area contributed by atoms with Crippen molar-refractivity contribution in [3.63, 3.8) is 0 Å². The van der Waals surface area contributed by atoms with Crippen LogP contribution in [0.15, 0.2) is 58.1 Å². The molecule has 0 heterocycles. The lowest BCUT2D eigenvalue weighted by Crippen LogP contribution is -2.17. The first-order valence-corrected chi connectivity index (χ1v) is 7.31. The molecule has 0 atom stereocenters. The van der Waals surface area contributed by atoms with Crippen molar-refractivity contribution in [2.45, 2.75) is 6.92 Å². The quantitative estimate of drug-likeness (QED) is 0.664. The number of para-hydroxylation sites is 1. The molecule has 108 valence electrons. The molecule has 0 fully saturated rings. The lowest BCUT2D eigenvalue weighted by atomic mass is 10.2. The zero-order valence-electron chi connectivity index (χ0n) is 11.5. The van der Waals surface area contributed by atoms with Crippen LogP contribution in [-0.2, 0) is 0 Å². The van der Waals surface area contributed by atoms with Crippen LogP contribution in [0.1, 0.15) is 22.8 Å². The van der Waals surface area contributed by atoms with E-state index in [0.29, 0.717) is 12.2 Å². The number of nitrogens with zero attached hydrogens (tertiary/aromatic N) is 1. The third kappa shape index (κ3) is 4.43. The van der Waals surface area contributed by atoms with Crippen LogP contribution in [0.5, 0.6) is 5.75 Å². The molecule has 0 aliphatic rings. The highest BCUT2D eigenvalue weighted by atomic mass is 79.9. The third-order valence-corrected chi connectivity index (χ3v) is 3.17. The van der Waals surface area contributed by atoms with Crippen molar-refractivity contribution >= 4 is 28.1 Å². The Kier molecular flexibility index (Phi) is 5.51. The van der Waals surface area contributed by atoms with Crippen LogP contribution in [0.4, 0.5) is 0 Å². The molecule has 21 heavy (non-hydrogen) atoms. The molecule has 0 aliphatic carbocycles. The fraction of sp³-hybridized carbons (Fsp3) is 0.125. The molecule has 2 aromatic carbocycles. The Labute approximate surface area is 132 Å². The highest BCUT2D eigenvalue weighted by Gasteiger charge is 2.04. The van der Waals surface area contributed by atoms with Gasteiger partial charge in [-0.15, -0.1) is 0 Å². The number of halogens is 1. The van der Waals surface area contributed by atoms with E-state index in [0.717, 1.165) is 15.8 Å². The summed E-state index contributed by atoms with van der Waals surface area (Å²) in [7, 11) is 0. The monoisotopic (exact) mass is 346 g/mol. The van der Waals surface area contributed by atoms with Crippen LogP contribution in [0, 0.1) is 0 Å². The predicted molar refractivity (Wildman–Crippen MR) is 86.8 cm³/mol. The molecule has 0 radical (unpaired) electrons. The van der Waals surface area contributed by atoms with Crippen molar-refractivity contribution in [2.75, 3.05) is 6.61 Å². The van der Waals surface area contributed by atoms with Gasteiger partial charge in [0.15, 0.2) is 0 Å². The van der Waals surface area contributed by atoms with Gasteiger partial charge in [-0.25, -0.2) is 5.43 Å². The maximum absolute atomic E-state index is 11.9. The van der Waals surface area contributed by atoms with Gasteiger partial charge in [-0.05, 0) is 37.3 Å². The number of hydrogen-bond donors (Lipinski definition) is 1. The molecule has 5 heteroatoms. The first-order chi connectivity index (χ1) is 10.2. The summed E-state index contributed by atoms with van der Waals surface area (Å²) in [4.78, 5) is 11.9. The molecule has 0 aliphatic heterocycles. The summed E-state index contributed by atoms with van der Waals surface area (Å²) in [5.41, 5.74) is 3.85. The number of amides is 1. The Bertz CT molecular complexity index is 656. The van der Waals surface area contributed by atoms with Gasteiger partial charge in [0, 0.05) is 15.6 Å². The summed E-state index contributed by atoms with van der Waals surface area (Å²) in [6, 6.07) is 14.6. The summed E-state index contributed by atoms with van der Waals surface area (Å²) in [6.07, 6.45) is 1.57. The molecule has 1 amide bonds. The number of ether oxygens (including phenoxy) is 1. The number of hydrogen-bond acceptors (Lipinski definition) is 3. The number of carbonyl (C=O) groups is 1. The predicted octanol–water partition coefficient (Wildman–Crippen LogP) is 3.61. The van der Waals surface area contributed by atoms with Gasteiger partial charge < -0.3 is 4.74 Å². The Hall–Kier alpha value is -2.14. The minimum atomic E-state index is -0.263. The zero-order chi connectivity index (χ0) is 15.1. The molecular weight excluding hydrogens is 332 g/mol. The van der Waals surface area contributed by atoms with Crippen LogP contribution >= 0.6 is 15.9 Å². The minimum Gasteiger partial charge on any atom is -0.493 e. The Balaban J connectivity index is 2.04. The molecule has 1 N–H and O–H groups in total. The maximum atomic E-state index is 11.9. The molecule has 0 aromatic heterocycles. The van der Waals surface area contributed by atoms with Crippen molar-refractivity contribution in [2.24, 2.45) is 5.10 Å². The van der Waals surface area contributed by atoms with E-state index in [1.165, 1.54) is 0 Å². The smallest absolute Gasteiger partial charge is 0.271 e. The minimum absolute atomic E-state index is 0.263. The molecule has 4 nitrogen and oxygen atoms in total. The van der Waals surface area contributed by atoms with Gasteiger partial charge in [0.25, 0.3) is 5.91 Å². The molecule has 0 spiro atoms. The second-order valence-corrected chi connectivity index (χ2v) is 5.10. The largest absolute Gasteiger partial charge is 0.493 e. The highest BCUT2D eigenvalue weighted by molar-refractivity contribution is 9.10. The number of nitrogens with one attached hydrogen (secondary N) is 1. The lowest BCUT2D eigenvalue weighted by Gasteiger charge is -2.06. The van der Waals surface area contributed by atoms with E-state index in [9.17, 15) is 4.79 Å². The lowest BCUT2D eigenvalue weighted by molar-refractivity contribution is 0.0955. The van der Waals surface area contributed by atoms with E-state index in [-0.39, 0.29) is 5.91 Å². The topological polar surface area (TPSA) is 50.7 Å². The van der Waals surface area contributed by atoms with Crippen LogP contribution < -0.4 is 10.2 Å². The van der Waals surface area contributed by atoms with E-state index in [1.807, 2.05) is 37.3 Å². The second kappa shape index (κ2) is 7.59. The Morgan fingerprint density at radius 3 is 2.86 bits per heavy atom. The van der Waals surface area contributed by atoms with Crippen molar-refractivity contribution in [3.05, 3.63) is 64.1 Å². The van der Waals surface area contributed by atoms with Gasteiger partial charge in [0.05, 0.1) is 12.8 Å². The van der Waals surface area contributed by atoms with Crippen molar-refractivity contribution in [3.8, 4) is 5.75 Å². The zero-order valence-corrected chi connectivity index (χ0v) is 13.1. The highest BCUT2D eigenvalue weighted by Crippen LogP contribution is 2.15. The van der Waals surface area contributed by atoms with Gasteiger partial charge in [-0.1, -0.05) is 34.1 Å². The van der Waals surface area contributed by atoms with Crippen molar-refractivity contribution < 1.29 is 9.53 Å². The summed E-state index contributed by atoms with van der Waals surface area (Å²) in [5.74, 6) is 0.474. The molecule has 0 saturated heterocycles. The molecule has 2 rings (SSSR count). The summed E-state index contributed by atoms with van der Waals surface area (Å²) >= 11 is 3.33. The van der Waals surface area contributed by atoms with Crippen LogP contribution in [-0.4, -0.2) is 18.7 Å². The molecular formula is C16H15BrN2O2. The molecule has 0 bridgehead atoms. The van der Waals surface area contributed by atoms with Crippen molar-refractivity contribution in [1.29, 1.82) is 0 Å². The average Bonchev–Trinajstić information content (AvgIpc) is 2.49. The maximum Gasteiger partial charge on any atom is 0.271 e. The number of benzene rings is 2. The van der Waals surface area contributed by atoms with Crippen LogP contribution in [0.25, 0.3) is 0 Å². The van der Waals surface area contributed by atoms with Gasteiger partial charge in [-0.2, -0.15) is 5.10 Å². The van der Waals surface area contributed by atoms with Gasteiger partial charge in [-0.3, -0.25) is 4.79 Å². The number of hydrazone groups is 1. The van der Waals surface area contributed by atoms with Gasteiger partial charge in [0.2, 0.25) is 0 Å². The number of carbonyl (C=O) groups excluding carboxylic acids is 1. The van der Waals surface area contributed by atoms with E-state index in [2.05, 4.69) is 26.5 Å². The fourth-order valence-corrected chi connectivity index (χ4v) is 2.13. The van der Waals surface area contributed by atoms with Gasteiger partial charge in [0.1, 0.15) is 5.75 Å². The summed E-state index contributed by atoms with van der Waals surface area (Å²) < 4.78 is 6.33. The van der Waals surface area contributed by atoms with Crippen molar-refractivity contribution in [1.82, 2.24) is 5.43 Å². The average molecular weight is 347 g/mol. The van der Waals surface area contributed by atoms with E-state index in [1.54, 1.807) is 24.4 Å². The second-order valence-electron chi connectivity index (χ2n) is 4.18. The van der Waals surface area contributed by atoms with Gasteiger partial charge >= 0.3 is 0 Å². The Morgan fingerprint density at radius 2 is 2.10 bits per heavy atom. The van der Waals surface area contributed by atoms with Crippen LogP contribution in [0.2, 0.25) is 0 Å². The van der Waals surface area contributed by atoms with E-state index in [4.69, 9.17) is 4.74 Å². The van der Waals surface area contributed by atoms with Crippen LogP contribution in [0.3, 0.4) is 0 Å². The first kappa shape index (κ1) is 15.3. The normalized spacial score (nSPS) is 10.6. The first-order valence-electron chi connectivity index (χ1n) is 6.51. The number of rotatable bonds is 5. The third-order valence-electron chi connectivity index (χ3n) is 2.68. The Morgan fingerprint density at radius 1 is 1.29 bits per heavy atom. The van der Waals surface area contributed by atoms with E-state index < -0.39 is 0 Å². The standard InChI is InChI=1S/C16H15BrN2O2/c1-2-21-15-9-4-3-6-13(15)11-18-19-16(20)12-7-5-8-14(17)10-12/h3-11H,2H2,1H3,(H,19,20)/b18-11+. The molecule has 2 aromatic rings. The fourth-order valence-electron chi connectivity index (χ4n) is 1.73.